The maximum atomic E-state index is 6.11. The molecule has 1 spiro atoms. The Morgan fingerprint density at radius 1 is 0.867 bits per heavy atom. The quantitative estimate of drug-likeness (QED) is 0.545. The first-order valence-electron chi connectivity index (χ1n) is 10.3. The Bertz CT molecular complexity index is 1190. The van der Waals surface area contributed by atoms with Crippen LogP contribution in [-0.4, -0.2) is 11.9 Å². The summed E-state index contributed by atoms with van der Waals surface area (Å²) < 4.78 is 0. The van der Waals surface area contributed by atoms with Gasteiger partial charge in [-0.15, -0.1) is 0 Å². The monoisotopic (exact) mass is 411 g/mol. The highest BCUT2D eigenvalue weighted by Gasteiger charge is 2.51. The molecule has 2 heterocycles. The molecule has 0 bridgehead atoms. The molecule has 0 amide bonds. The van der Waals surface area contributed by atoms with Crippen LogP contribution in [0.5, 0.6) is 0 Å². The molecule has 0 aromatic heterocycles. The second kappa shape index (κ2) is 6.41. The summed E-state index contributed by atoms with van der Waals surface area (Å²) in [5.74, 6) is 0. The van der Waals surface area contributed by atoms with E-state index in [9.17, 15) is 0 Å². The minimum atomic E-state index is 0.105. The Morgan fingerprint density at radius 2 is 1.60 bits per heavy atom. The highest BCUT2D eigenvalue weighted by molar-refractivity contribution is 6.30. The summed E-state index contributed by atoms with van der Waals surface area (Å²) in [5.41, 5.74) is 12.2. The Morgan fingerprint density at radius 3 is 2.33 bits per heavy atom. The van der Waals surface area contributed by atoms with Gasteiger partial charge >= 0.3 is 0 Å². The summed E-state index contributed by atoms with van der Waals surface area (Å²) in [7, 11) is 2.20. The number of hydrazine groups is 1. The largest absolute Gasteiger partial charge is 0.369 e. The van der Waals surface area contributed by atoms with E-state index in [1.807, 2.05) is 12.1 Å². The molecular weight excluding hydrogens is 390 g/mol. The van der Waals surface area contributed by atoms with Gasteiger partial charge in [0.1, 0.15) is 0 Å². The van der Waals surface area contributed by atoms with Gasteiger partial charge in [-0.25, -0.2) is 0 Å². The third-order valence-electron chi connectivity index (χ3n) is 6.51. The molecule has 0 unspecified atom stereocenters. The van der Waals surface area contributed by atoms with Crippen LogP contribution in [0.15, 0.2) is 90.8 Å². The van der Waals surface area contributed by atoms with Crippen LogP contribution < -0.4 is 10.4 Å². The molecule has 0 radical (unpaired) electrons. The molecular formula is C26H22ClN3. The van der Waals surface area contributed by atoms with E-state index in [1.165, 1.54) is 40.8 Å². The predicted molar refractivity (Wildman–Crippen MR) is 124 cm³/mol. The molecule has 4 heteroatoms. The van der Waals surface area contributed by atoms with Crippen molar-refractivity contribution in [2.45, 2.75) is 18.4 Å². The van der Waals surface area contributed by atoms with Crippen LogP contribution in [0.2, 0.25) is 5.02 Å². The summed E-state index contributed by atoms with van der Waals surface area (Å²) in [6, 6.07) is 25.4. The van der Waals surface area contributed by atoms with Gasteiger partial charge in [-0.05, 0) is 53.8 Å². The lowest BCUT2D eigenvalue weighted by Gasteiger charge is -2.28. The van der Waals surface area contributed by atoms with Gasteiger partial charge in [0.2, 0.25) is 0 Å². The van der Waals surface area contributed by atoms with Crippen molar-refractivity contribution in [2.75, 3.05) is 12.1 Å². The SMILES string of the molecule is CN1C=C2C=C(c3ccccc3)NN2c2cc(-c3ccc(Cl)cc3)ccc2C12CC2. The lowest BCUT2D eigenvalue weighted by Crippen LogP contribution is -2.31. The highest BCUT2D eigenvalue weighted by atomic mass is 35.5. The average molecular weight is 412 g/mol. The van der Waals surface area contributed by atoms with Gasteiger partial charge in [-0.1, -0.05) is 66.2 Å². The zero-order chi connectivity index (χ0) is 20.3. The van der Waals surface area contributed by atoms with Crippen LogP contribution in [0.4, 0.5) is 5.69 Å². The van der Waals surface area contributed by atoms with Crippen LogP contribution in [0.1, 0.15) is 24.0 Å². The van der Waals surface area contributed by atoms with Gasteiger partial charge in [-0.3, -0.25) is 10.4 Å². The fourth-order valence-electron chi connectivity index (χ4n) is 4.67. The average Bonchev–Trinajstić information content (AvgIpc) is 3.50. The summed E-state index contributed by atoms with van der Waals surface area (Å²) >= 11 is 6.11. The van der Waals surface area contributed by atoms with Crippen LogP contribution in [0, 0.1) is 0 Å². The molecule has 1 aliphatic carbocycles. The third-order valence-corrected chi connectivity index (χ3v) is 6.76. The normalized spacial score (nSPS) is 18.2. The van der Waals surface area contributed by atoms with Gasteiger partial charge in [0.25, 0.3) is 0 Å². The number of rotatable bonds is 2. The van der Waals surface area contributed by atoms with E-state index in [0.717, 1.165) is 16.4 Å². The van der Waals surface area contributed by atoms with Crippen LogP contribution in [0.25, 0.3) is 16.8 Å². The molecule has 30 heavy (non-hydrogen) atoms. The van der Waals surface area contributed by atoms with Crippen LogP contribution in [-0.2, 0) is 5.54 Å². The van der Waals surface area contributed by atoms with E-state index in [4.69, 9.17) is 11.6 Å². The first-order valence-corrected chi connectivity index (χ1v) is 10.7. The molecule has 3 nitrogen and oxygen atoms in total. The van der Waals surface area contributed by atoms with Gasteiger partial charge < -0.3 is 4.90 Å². The smallest absolute Gasteiger partial charge is 0.0810 e. The van der Waals surface area contributed by atoms with E-state index in [2.05, 4.69) is 95.3 Å². The first kappa shape index (κ1) is 17.7. The number of nitrogens with zero attached hydrogens (tertiary/aromatic N) is 2. The van der Waals surface area contributed by atoms with Crippen molar-refractivity contribution in [2.24, 2.45) is 0 Å². The fourth-order valence-corrected chi connectivity index (χ4v) is 4.80. The summed E-state index contributed by atoms with van der Waals surface area (Å²) in [4.78, 5) is 2.40. The van der Waals surface area contributed by atoms with Crippen LogP contribution in [0.3, 0.4) is 0 Å². The second-order valence-corrected chi connectivity index (χ2v) is 8.74. The van der Waals surface area contributed by atoms with Crippen molar-refractivity contribution in [3.8, 4) is 11.1 Å². The second-order valence-electron chi connectivity index (χ2n) is 8.31. The lowest BCUT2D eigenvalue weighted by atomic mass is 9.96. The molecule has 148 valence electrons. The van der Waals surface area contributed by atoms with Crippen molar-refractivity contribution >= 4 is 23.0 Å². The topological polar surface area (TPSA) is 18.5 Å². The Balaban J connectivity index is 1.48. The Hall–Kier alpha value is -3.17. The molecule has 6 rings (SSSR count). The molecule has 2 aliphatic heterocycles. The Labute approximate surface area is 181 Å². The summed E-state index contributed by atoms with van der Waals surface area (Å²) in [6.07, 6.45) is 6.89. The van der Waals surface area contributed by atoms with E-state index >= 15 is 0 Å². The van der Waals surface area contributed by atoms with Crippen molar-refractivity contribution < 1.29 is 0 Å². The van der Waals surface area contributed by atoms with Gasteiger partial charge in [0, 0.05) is 23.8 Å². The number of fused-ring (bicyclic) bond motifs is 4. The molecule has 1 saturated carbocycles. The van der Waals surface area contributed by atoms with Crippen molar-refractivity contribution in [1.29, 1.82) is 0 Å². The molecule has 3 aliphatic rings. The number of hydrogen-bond donors (Lipinski definition) is 1. The minimum Gasteiger partial charge on any atom is -0.369 e. The van der Waals surface area contributed by atoms with Gasteiger partial charge in [0.05, 0.1) is 22.6 Å². The van der Waals surface area contributed by atoms with Crippen molar-refractivity contribution in [3.63, 3.8) is 0 Å². The minimum absolute atomic E-state index is 0.105. The molecule has 3 aromatic rings. The number of anilines is 1. The third kappa shape index (κ3) is 2.66. The predicted octanol–water partition coefficient (Wildman–Crippen LogP) is 6.15. The summed E-state index contributed by atoms with van der Waals surface area (Å²) in [5, 5.41) is 3.00. The zero-order valence-corrected chi connectivity index (χ0v) is 17.5. The molecule has 3 aromatic carbocycles. The standard InChI is InChI=1S/C26H22ClN3/c1-29-17-22-16-24(19-5-3-2-4-6-19)28-30(22)25-15-20(18-7-10-21(27)11-8-18)9-12-23(25)26(29)13-14-26/h2-12,15-17,28H,13-14H2,1H3. The van der Waals surface area contributed by atoms with Gasteiger partial charge in [0.15, 0.2) is 0 Å². The molecule has 0 atom stereocenters. The lowest BCUT2D eigenvalue weighted by molar-refractivity contribution is 0.315. The zero-order valence-electron chi connectivity index (χ0n) is 16.8. The van der Waals surface area contributed by atoms with Crippen molar-refractivity contribution in [3.05, 3.63) is 107 Å². The number of nitrogens with one attached hydrogen (secondary N) is 1. The first-order chi connectivity index (χ1) is 14.6. The van der Waals surface area contributed by atoms with E-state index in [-0.39, 0.29) is 5.54 Å². The molecule has 0 saturated heterocycles. The number of halogens is 1. The molecule has 1 fully saturated rings. The Kier molecular flexibility index (Phi) is 3.78. The number of allylic oxidation sites excluding steroid dienone is 1. The van der Waals surface area contributed by atoms with E-state index in [1.54, 1.807) is 0 Å². The summed E-state index contributed by atoms with van der Waals surface area (Å²) in [6.45, 7) is 0. The van der Waals surface area contributed by atoms with Gasteiger partial charge in [-0.2, -0.15) is 0 Å². The number of hydrogen-bond acceptors (Lipinski definition) is 3. The fraction of sp³-hybridized carbons (Fsp3) is 0.154. The number of benzene rings is 3. The van der Waals surface area contributed by atoms with Crippen LogP contribution >= 0.6 is 11.6 Å². The maximum Gasteiger partial charge on any atom is 0.0810 e. The van der Waals surface area contributed by atoms with E-state index in [0.29, 0.717) is 0 Å². The van der Waals surface area contributed by atoms with E-state index < -0.39 is 0 Å². The maximum absolute atomic E-state index is 6.11. The highest BCUT2D eigenvalue weighted by Crippen LogP contribution is 2.56. The van der Waals surface area contributed by atoms with Crippen molar-refractivity contribution in [1.82, 2.24) is 10.3 Å². The molecule has 1 N–H and O–H groups in total.